The lowest BCUT2D eigenvalue weighted by Crippen LogP contribution is -2.50. The molecule has 1 aromatic heterocycles. The Balaban J connectivity index is 1.67. The smallest absolute Gasteiger partial charge is 0.274 e. The zero-order chi connectivity index (χ0) is 19.4. The zero-order valence-electron chi connectivity index (χ0n) is 14.8. The highest BCUT2D eigenvalue weighted by Crippen LogP contribution is 2.15. The third kappa shape index (κ3) is 4.62. The summed E-state index contributed by atoms with van der Waals surface area (Å²) < 4.78 is 0. The lowest BCUT2D eigenvalue weighted by Gasteiger charge is -2.34. The average Bonchev–Trinajstić information content (AvgIpc) is 2.69. The Morgan fingerprint density at radius 2 is 1.63 bits per heavy atom. The molecule has 8 heteroatoms. The van der Waals surface area contributed by atoms with Gasteiger partial charge in [0.1, 0.15) is 5.69 Å². The number of piperazine rings is 1. The number of nitrogens with zero attached hydrogens (tertiary/aromatic N) is 3. The first-order valence-electron chi connectivity index (χ1n) is 8.52. The van der Waals surface area contributed by atoms with E-state index in [0.29, 0.717) is 42.5 Å². The fourth-order valence-electron chi connectivity index (χ4n) is 2.82. The number of halogens is 1. The minimum absolute atomic E-state index is 0.00664. The SMILES string of the molecule is CC(=O)N1CCN(C(=O)c2ccnc(C(=O)Nc3ccc(Cl)cc3)c2)CC1. The Morgan fingerprint density at radius 1 is 1.00 bits per heavy atom. The van der Waals surface area contributed by atoms with Crippen molar-refractivity contribution in [1.82, 2.24) is 14.8 Å². The topological polar surface area (TPSA) is 82.6 Å². The molecule has 3 rings (SSSR count). The molecule has 7 nitrogen and oxygen atoms in total. The lowest BCUT2D eigenvalue weighted by molar-refractivity contribution is -0.130. The van der Waals surface area contributed by atoms with Gasteiger partial charge in [-0.1, -0.05) is 11.6 Å². The van der Waals surface area contributed by atoms with Crippen molar-refractivity contribution in [2.24, 2.45) is 0 Å². The van der Waals surface area contributed by atoms with Crippen LogP contribution in [-0.4, -0.2) is 58.7 Å². The molecule has 140 valence electrons. The van der Waals surface area contributed by atoms with Crippen LogP contribution in [0.15, 0.2) is 42.6 Å². The number of carbonyl (C=O) groups excluding carboxylic acids is 3. The number of rotatable bonds is 3. The van der Waals surface area contributed by atoms with Gasteiger partial charge in [0.2, 0.25) is 5.91 Å². The molecule has 2 aromatic rings. The monoisotopic (exact) mass is 386 g/mol. The molecule has 0 atom stereocenters. The van der Waals surface area contributed by atoms with E-state index >= 15 is 0 Å². The Kier molecular flexibility index (Phi) is 5.71. The minimum Gasteiger partial charge on any atom is -0.339 e. The number of aromatic nitrogens is 1. The number of hydrogen-bond acceptors (Lipinski definition) is 4. The number of amides is 3. The number of anilines is 1. The molecule has 1 saturated heterocycles. The molecule has 0 aliphatic carbocycles. The summed E-state index contributed by atoms with van der Waals surface area (Å²) in [4.78, 5) is 43.9. The van der Waals surface area contributed by atoms with Gasteiger partial charge in [0.05, 0.1) is 0 Å². The van der Waals surface area contributed by atoms with Gasteiger partial charge in [-0.2, -0.15) is 0 Å². The average molecular weight is 387 g/mol. The highest BCUT2D eigenvalue weighted by molar-refractivity contribution is 6.30. The molecule has 1 N–H and O–H groups in total. The highest BCUT2D eigenvalue weighted by Gasteiger charge is 2.24. The number of benzene rings is 1. The van der Waals surface area contributed by atoms with E-state index in [2.05, 4.69) is 10.3 Å². The first kappa shape index (κ1) is 18.8. The predicted octanol–water partition coefficient (Wildman–Crippen LogP) is 2.29. The number of hydrogen-bond donors (Lipinski definition) is 1. The molecule has 0 bridgehead atoms. The van der Waals surface area contributed by atoms with E-state index in [-0.39, 0.29) is 17.5 Å². The highest BCUT2D eigenvalue weighted by atomic mass is 35.5. The van der Waals surface area contributed by atoms with Gasteiger partial charge in [0, 0.05) is 55.6 Å². The maximum atomic E-state index is 12.7. The van der Waals surface area contributed by atoms with Crippen LogP contribution >= 0.6 is 11.6 Å². The Hall–Kier alpha value is -2.93. The predicted molar refractivity (Wildman–Crippen MR) is 102 cm³/mol. The van der Waals surface area contributed by atoms with E-state index < -0.39 is 5.91 Å². The fourth-order valence-corrected chi connectivity index (χ4v) is 2.95. The normalized spacial score (nSPS) is 14.0. The van der Waals surface area contributed by atoms with Gasteiger partial charge >= 0.3 is 0 Å². The van der Waals surface area contributed by atoms with Crippen molar-refractivity contribution >= 4 is 35.0 Å². The number of pyridine rings is 1. The minimum atomic E-state index is -0.409. The lowest BCUT2D eigenvalue weighted by atomic mass is 10.1. The summed E-state index contributed by atoms with van der Waals surface area (Å²) in [5, 5.41) is 3.29. The van der Waals surface area contributed by atoms with Gasteiger partial charge in [0.15, 0.2) is 0 Å². The van der Waals surface area contributed by atoms with E-state index in [1.54, 1.807) is 40.1 Å². The summed E-state index contributed by atoms with van der Waals surface area (Å²) in [6.45, 7) is 3.47. The second-order valence-electron chi connectivity index (χ2n) is 6.19. The molecule has 1 aliphatic rings. The molecule has 0 spiro atoms. The summed E-state index contributed by atoms with van der Waals surface area (Å²) in [5.41, 5.74) is 1.13. The maximum absolute atomic E-state index is 12.7. The molecule has 1 fully saturated rings. The van der Waals surface area contributed by atoms with E-state index in [1.807, 2.05) is 0 Å². The molecule has 0 unspecified atom stereocenters. The van der Waals surface area contributed by atoms with Crippen molar-refractivity contribution in [3.8, 4) is 0 Å². The molecule has 27 heavy (non-hydrogen) atoms. The van der Waals surface area contributed by atoms with Gasteiger partial charge < -0.3 is 15.1 Å². The maximum Gasteiger partial charge on any atom is 0.274 e. The molecule has 1 aliphatic heterocycles. The molecular weight excluding hydrogens is 368 g/mol. The quantitative estimate of drug-likeness (QED) is 0.877. The van der Waals surface area contributed by atoms with Crippen LogP contribution in [0.5, 0.6) is 0 Å². The van der Waals surface area contributed by atoms with Crippen LogP contribution in [0.25, 0.3) is 0 Å². The van der Waals surface area contributed by atoms with Gasteiger partial charge in [-0.05, 0) is 36.4 Å². The third-order valence-electron chi connectivity index (χ3n) is 4.35. The van der Waals surface area contributed by atoms with Crippen LogP contribution < -0.4 is 5.32 Å². The largest absolute Gasteiger partial charge is 0.339 e. The second-order valence-corrected chi connectivity index (χ2v) is 6.63. The first-order chi connectivity index (χ1) is 12.9. The van der Waals surface area contributed by atoms with E-state index in [9.17, 15) is 14.4 Å². The van der Waals surface area contributed by atoms with Crippen molar-refractivity contribution in [2.45, 2.75) is 6.92 Å². The van der Waals surface area contributed by atoms with E-state index in [1.165, 1.54) is 19.2 Å². The summed E-state index contributed by atoms with van der Waals surface area (Å²) in [5.74, 6) is -0.582. The number of carbonyl (C=O) groups is 3. The summed E-state index contributed by atoms with van der Waals surface area (Å²) in [7, 11) is 0. The summed E-state index contributed by atoms with van der Waals surface area (Å²) >= 11 is 5.83. The van der Waals surface area contributed by atoms with Gasteiger partial charge in [0.25, 0.3) is 11.8 Å². The molecular formula is C19H19ClN4O3. The van der Waals surface area contributed by atoms with Crippen molar-refractivity contribution in [3.05, 3.63) is 58.9 Å². The van der Waals surface area contributed by atoms with Crippen LogP contribution in [0.1, 0.15) is 27.8 Å². The zero-order valence-corrected chi connectivity index (χ0v) is 15.6. The van der Waals surface area contributed by atoms with Crippen molar-refractivity contribution in [3.63, 3.8) is 0 Å². The van der Waals surface area contributed by atoms with E-state index in [4.69, 9.17) is 11.6 Å². The Morgan fingerprint density at radius 3 is 2.26 bits per heavy atom. The van der Waals surface area contributed by atoms with E-state index in [0.717, 1.165) is 0 Å². The Labute approximate surface area is 161 Å². The summed E-state index contributed by atoms with van der Waals surface area (Å²) in [6, 6.07) is 9.77. The van der Waals surface area contributed by atoms with Gasteiger partial charge in [-0.15, -0.1) is 0 Å². The van der Waals surface area contributed by atoms with Crippen molar-refractivity contribution in [1.29, 1.82) is 0 Å². The van der Waals surface area contributed by atoms with Crippen LogP contribution in [0.4, 0.5) is 5.69 Å². The molecule has 3 amide bonds. The van der Waals surface area contributed by atoms with Crippen LogP contribution in [-0.2, 0) is 4.79 Å². The van der Waals surface area contributed by atoms with Crippen LogP contribution in [0.3, 0.4) is 0 Å². The molecule has 2 heterocycles. The number of nitrogens with one attached hydrogen (secondary N) is 1. The van der Waals surface area contributed by atoms with Gasteiger partial charge in [-0.3, -0.25) is 19.4 Å². The first-order valence-corrected chi connectivity index (χ1v) is 8.89. The molecule has 0 saturated carbocycles. The second kappa shape index (κ2) is 8.18. The standard InChI is InChI=1S/C19H19ClN4O3/c1-13(25)23-8-10-24(11-9-23)19(27)14-6-7-21-17(12-14)18(26)22-16-4-2-15(20)3-5-16/h2-7,12H,8-11H2,1H3,(H,22,26). The van der Waals surface area contributed by atoms with Crippen molar-refractivity contribution < 1.29 is 14.4 Å². The molecule has 1 aromatic carbocycles. The molecule has 0 radical (unpaired) electrons. The Bertz CT molecular complexity index is 862. The van der Waals surface area contributed by atoms with Crippen LogP contribution in [0.2, 0.25) is 5.02 Å². The van der Waals surface area contributed by atoms with Crippen molar-refractivity contribution in [2.75, 3.05) is 31.5 Å². The van der Waals surface area contributed by atoms with Gasteiger partial charge in [-0.25, -0.2) is 0 Å². The summed E-state index contributed by atoms with van der Waals surface area (Å²) in [6.07, 6.45) is 1.44. The van der Waals surface area contributed by atoms with Crippen LogP contribution in [0, 0.1) is 0 Å². The third-order valence-corrected chi connectivity index (χ3v) is 4.61. The fraction of sp³-hybridized carbons (Fsp3) is 0.263.